The number of aliphatic carboxylic acids is 1. The molecule has 1 unspecified atom stereocenters. The van der Waals surface area contributed by atoms with Crippen LogP contribution < -0.4 is 15.5 Å². The van der Waals surface area contributed by atoms with Crippen molar-refractivity contribution < 1.29 is 37.1 Å². The molecule has 1 atom stereocenters. The van der Waals surface area contributed by atoms with E-state index in [1.165, 1.54) is 40.8 Å². The highest BCUT2D eigenvalue weighted by Crippen LogP contribution is 2.42. The fourth-order valence-electron chi connectivity index (χ4n) is 7.25. The van der Waals surface area contributed by atoms with Gasteiger partial charge in [0.15, 0.2) is 11.2 Å². The van der Waals surface area contributed by atoms with Gasteiger partial charge in [-0.25, -0.2) is 19.2 Å². The molecule has 2 fully saturated rings. The van der Waals surface area contributed by atoms with Gasteiger partial charge in [-0.2, -0.15) is 13.2 Å². The number of aromatic nitrogens is 3. The molecule has 0 aliphatic carbocycles. The number of carboxylic acids is 1. The molecule has 0 bridgehead atoms. The molecule has 262 valence electrons. The SMILES string of the molecule is O=C(Nc1nccs1)C(c1ncn2c1CCC2)N1Cc2c(F)cc(-c3ccc(N4CC5(CCNCC5)C4)cc3)cc2C1=O.O=C(O)C(F)(F)F. The number of carboxylic acid groups (broad SMARTS) is 1. The molecular formula is C34H33F4N7O4S. The zero-order valence-corrected chi connectivity index (χ0v) is 27.5. The fourth-order valence-corrected chi connectivity index (χ4v) is 7.78. The Kier molecular flexibility index (Phi) is 8.84. The highest BCUT2D eigenvalue weighted by Gasteiger charge is 2.44. The lowest BCUT2D eigenvalue weighted by atomic mass is 9.72. The Bertz CT molecular complexity index is 1920. The molecular weight excluding hydrogens is 678 g/mol. The molecule has 2 amide bonds. The van der Waals surface area contributed by atoms with Crippen molar-refractivity contribution in [2.24, 2.45) is 5.41 Å². The summed E-state index contributed by atoms with van der Waals surface area (Å²) in [5, 5.41) is 15.6. The number of carbonyl (C=O) groups is 3. The molecule has 4 aliphatic rings. The highest BCUT2D eigenvalue weighted by atomic mass is 32.1. The summed E-state index contributed by atoms with van der Waals surface area (Å²) in [5.74, 6) is -3.98. The van der Waals surface area contributed by atoms with Gasteiger partial charge in [-0.3, -0.25) is 14.9 Å². The van der Waals surface area contributed by atoms with E-state index >= 15 is 4.39 Å². The second-order valence-electron chi connectivity index (χ2n) is 13.0. The quantitative estimate of drug-likeness (QED) is 0.231. The minimum absolute atomic E-state index is 0.00625. The summed E-state index contributed by atoms with van der Waals surface area (Å²) in [7, 11) is 0. The lowest BCUT2D eigenvalue weighted by molar-refractivity contribution is -0.192. The number of benzene rings is 2. The molecule has 11 nitrogen and oxygen atoms in total. The lowest BCUT2D eigenvalue weighted by Crippen LogP contribution is -2.60. The molecule has 2 saturated heterocycles. The number of halogens is 4. The number of fused-ring (bicyclic) bond motifs is 2. The third-order valence-corrected chi connectivity index (χ3v) is 10.5. The van der Waals surface area contributed by atoms with Crippen LogP contribution in [0.4, 0.5) is 28.4 Å². The summed E-state index contributed by atoms with van der Waals surface area (Å²) in [6.07, 6.45) is 2.42. The summed E-state index contributed by atoms with van der Waals surface area (Å²) >= 11 is 1.30. The van der Waals surface area contributed by atoms with Crippen molar-refractivity contribution in [2.45, 2.75) is 51.0 Å². The Labute approximate surface area is 287 Å². The molecule has 8 rings (SSSR count). The topological polar surface area (TPSA) is 133 Å². The first-order chi connectivity index (χ1) is 23.9. The zero-order chi connectivity index (χ0) is 35.2. The van der Waals surface area contributed by atoms with Crippen LogP contribution in [0.25, 0.3) is 11.1 Å². The van der Waals surface area contributed by atoms with Gasteiger partial charge in [0.1, 0.15) is 5.82 Å². The van der Waals surface area contributed by atoms with Crippen molar-refractivity contribution in [2.75, 3.05) is 36.4 Å². The number of carbonyl (C=O) groups excluding carboxylic acids is 2. The van der Waals surface area contributed by atoms with E-state index in [4.69, 9.17) is 9.90 Å². The molecule has 1 spiro atoms. The first-order valence-electron chi connectivity index (χ1n) is 16.2. The minimum atomic E-state index is -5.08. The van der Waals surface area contributed by atoms with Gasteiger partial charge >= 0.3 is 12.1 Å². The number of piperidine rings is 1. The van der Waals surface area contributed by atoms with Crippen molar-refractivity contribution in [3.63, 3.8) is 0 Å². The number of amides is 2. The van der Waals surface area contributed by atoms with Crippen molar-refractivity contribution in [1.29, 1.82) is 0 Å². The second kappa shape index (κ2) is 13.1. The Morgan fingerprint density at radius 1 is 1.06 bits per heavy atom. The number of alkyl halides is 3. The van der Waals surface area contributed by atoms with Gasteiger partial charge in [0.05, 0.1) is 18.6 Å². The van der Waals surface area contributed by atoms with Crippen LogP contribution in [-0.4, -0.2) is 74.7 Å². The maximum absolute atomic E-state index is 15.7. The molecule has 2 aromatic heterocycles. The minimum Gasteiger partial charge on any atom is -0.475 e. The van der Waals surface area contributed by atoms with Crippen LogP contribution in [0, 0.1) is 11.2 Å². The van der Waals surface area contributed by atoms with Gasteiger partial charge in [-0.05, 0) is 74.2 Å². The first-order valence-corrected chi connectivity index (χ1v) is 17.0. The van der Waals surface area contributed by atoms with E-state index in [0.29, 0.717) is 27.4 Å². The van der Waals surface area contributed by atoms with E-state index in [9.17, 15) is 22.8 Å². The van der Waals surface area contributed by atoms with Crippen LogP contribution in [0.5, 0.6) is 0 Å². The second-order valence-corrected chi connectivity index (χ2v) is 13.9. The normalized spacial score (nSPS) is 18.2. The number of hydrogen-bond donors (Lipinski definition) is 3. The Morgan fingerprint density at radius 3 is 2.44 bits per heavy atom. The van der Waals surface area contributed by atoms with Crippen molar-refractivity contribution in [1.82, 2.24) is 24.8 Å². The number of thiazole rings is 1. The van der Waals surface area contributed by atoms with Crippen LogP contribution in [0.3, 0.4) is 0 Å². The summed E-state index contributed by atoms with van der Waals surface area (Å²) in [6.45, 7) is 5.15. The number of aryl methyl sites for hydroxylation is 1. The van der Waals surface area contributed by atoms with Crippen LogP contribution in [0.15, 0.2) is 54.3 Å². The van der Waals surface area contributed by atoms with E-state index in [0.717, 1.165) is 56.8 Å². The number of nitrogens with one attached hydrogen (secondary N) is 2. The first kappa shape index (κ1) is 33.7. The third kappa shape index (κ3) is 6.44. The van der Waals surface area contributed by atoms with Gasteiger partial charge in [-0.1, -0.05) is 12.1 Å². The summed E-state index contributed by atoms with van der Waals surface area (Å²) in [5.41, 5.74) is 5.17. The monoisotopic (exact) mass is 711 g/mol. The fraction of sp³-hybridized carbons (Fsp3) is 0.382. The molecule has 16 heteroatoms. The van der Waals surface area contributed by atoms with Crippen molar-refractivity contribution in [3.8, 4) is 11.1 Å². The van der Waals surface area contributed by atoms with E-state index in [1.807, 2.05) is 16.7 Å². The number of imidazole rings is 1. The predicted molar refractivity (Wildman–Crippen MR) is 176 cm³/mol. The highest BCUT2D eigenvalue weighted by molar-refractivity contribution is 7.13. The van der Waals surface area contributed by atoms with E-state index in [-0.39, 0.29) is 18.0 Å². The Hall–Kier alpha value is -4.83. The largest absolute Gasteiger partial charge is 0.490 e. The van der Waals surface area contributed by atoms with Gasteiger partial charge in [0.2, 0.25) is 0 Å². The molecule has 50 heavy (non-hydrogen) atoms. The Balaban J connectivity index is 0.000000510. The number of hydrogen-bond acceptors (Lipinski definition) is 8. The molecule has 0 saturated carbocycles. The number of nitrogens with zero attached hydrogens (tertiary/aromatic N) is 5. The zero-order valence-electron chi connectivity index (χ0n) is 26.7. The van der Waals surface area contributed by atoms with Crippen molar-refractivity contribution in [3.05, 3.63) is 82.6 Å². The van der Waals surface area contributed by atoms with Gasteiger partial charge in [-0.15, -0.1) is 11.3 Å². The van der Waals surface area contributed by atoms with Crippen LogP contribution in [-0.2, 0) is 29.1 Å². The number of rotatable bonds is 6. The van der Waals surface area contributed by atoms with Crippen molar-refractivity contribution >= 4 is 39.9 Å². The Morgan fingerprint density at radius 2 is 1.78 bits per heavy atom. The average Bonchev–Trinajstić information content (AvgIpc) is 3.88. The van der Waals surface area contributed by atoms with E-state index in [1.54, 1.807) is 24.0 Å². The maximum atomic E-state index is 15.7. The molecule has 0 radical (unpaired) electrons. The average molecular weight is 712 g/mol. The summed E-state index contributed by atoms with van der Waals surface area (Å²) in [4.78, 5) is 49.1. The molecule has 6 heterocycles. The molecule has 4 aliphatic heterocycles. The van der Waals surface area contributed by atoms with E-state index in [2.05, 4.69) is 37.6 Å². The standard InChI is InChI=1S/C32H32FN7O2S.C2HF3O2/c33-25-15-21(20-3-5-22(6-4-20)39-17-32(18-39)7-9-34-10-8-32)14-23-24(25)16-40(30(23)42)28(29(41)37-31-35-11-13-43-31)27-26-2-1-12-38(26)19-36-27;3-2(4,5)1(6)7/h3-6,11,13-15,19,28,34H,1-2,7-10,12,16-18H2,(H,35,37,41);(H,6,7). The van der Waals surface area contributed by atoms with Crippen LogP contribution in [0.2, 0.25) is 0 Å². The molecule has 2 aromatic carbocycles. The predicted octanol–water partition coefficient (Wildman–Crippen LogP) is 5.25. The molecule has 3 N–H and O–H groups in total. The van der Waals surface area contributed by atoms with E-state index < -0.39 is 29.9 Å². The van der Waals surface area contributed by atoms with Crippen LogP contribution >= 0.6 is 11.3 Å². The maximum Gasteiger partial charge on any atom is 0.490 e. The summed E-state index contributed by atoms with van der Waals surface area (Å²) < 4.78 is 49.4. The van der Waals surface area contributed by atoms with Gasteiger partial charge in [0, 0.05) is 59.1 Å². The smallest absolute Gasteiger partial charge is 0.475 e. The summed E-state index contributed by atoms with van der Waals surface area (Å²) in [6, 6.07) is 10.4. The number of anilines is 2. The van der Waals surface area contributed by atoms with Gasteiger partial charge < -0.3 is 24.8 Å². The third-order valence-electron chi connectivity index (χ3n) is 9.81. The van der Waals surface area contributed by atoms with Gasteiger partial charge in [0.25, 0.3) is 11.8 Å². The lowest BCUT2D eigenvalue weighted by Gasteiger charge is -2.53. The molecule has 4 aromatic rings. The van der Waals surface area contributed by atoms with Crippen LogP contribution in [0.1, 0.15) is 52.6 Å².